The lowest BCUT2D eigenvalue weighted by Gasteiger charge is -2.31. The summed E-state index contributed by atoms with van der Waals surface area (Å²) in [7, 11) is -3.74. The molecule has 0 aliphatic heterocycles. The summed E-state index contributed by atoms with van der Waals surface area (Å²) in [6, 6.07) is 13.5. The number of rotatable bonds is 11. The molecule has 2 N–H and O–H groups in total. The van der Waals surface area contributed by atoms with E-state index in [0.717, 1.165) is 67.1 Å². The topological polar surface area (TPSA) is 80.3 Å². The van der Waals surface area contributed by atoms with Gasteiger partial charge >= 0.3 is 0 Å². The van der Waals surface area contributed by atoms with Crippen molar-refractivity contribution in [1.82, 2.24) is 9.71 Å². The van der Waals surface area contributed by atoms with Crippen molar-refractivity contribution in [3.63, 3.8) is 0 Å². The summed E-state index contributed by atoms with van der Waals surface area (Å²) < 4.78 is 36.2. The average molecular weight is 558 g/mol. The van der Waals surface area contributed by atoms with Gasteiger partial charge in [0.1, 0.15) is 10.6 Å². The maximum absolute atomic E-state index is 13.6. The molecule has 8 heteroatoms. The minimum Gasteiger partial charge on any atom is -0.492 e. The average Bonchev–Trinajstić information content (AvgIpc) is 2.89. The normalized spacial score (nSPS) is 18.4. The minimum atomic E-state index is -3.74. The van der Waals surface area contributed by atoms with Crippen LogP contribution in [0, 0.1) is 0 Å². The lowest BCUT2D eigenvalue weighted by molar-refractivity contribution is 0.300. The summed E-state index contributed by atoms with van der Waals surface area (Å²) >= 11 is 6.13. The van der Waals surface area contributed by atoms with E-state index < -0.39 is 10.0 Å². The second-order valence-corrected chi connectivity index (χ2v) is 13.1. The van der Waals surface area contributed by atoms with Crippen LogP contribution in [0.2, 0.25) is 5.02 Å². The van der Waals surface area contributed by atoms with Crippen molar-refractivity contribution in [3.8, 4) is 5.75 Å². The Morgan fingerprint density at radius 3 is 2.47 bits per heavy atom. The number of fused-ring (bicyclic) bond motifs is 1. The molecule has 0 amide bonds. The number of anilines is 1. The fourth-order valence-corrected chi connectivity index (χ4v) is 6.54. The predicted molar refractivity (Wildman–Crippen MR) is 157 cm³/mol. The fourth-order valence-electron chi connectivity index (χ4n) is 4.89. The Morgan fingerprint density at radius 1 is 1.03 bits per heavy atom. The first kappa shape index (κ1) is 28.7. The number of hydrogen-bond acceptors (Lipinski definition) is 5. The molecule has 38 heavy (non-hydrogen) atoms. The predicted octanol–water partition coefficient (Wildman–Crippen LogP) is 7.46. The molecule has 1 heterocycles. The number of nitrogens with zero attached hydrogens (tertiary/aromatic N) is 1. The van der Waals surface area contributed by atoms with E-state index in [1.54, 1.807) is 12.3 Å². The Kier molecular flexibility index (Phi) is 9.22. The molecule has 0 saturated heterocycles. The Morgan fingerprint density at radius 2 is 1.76 bits per heavy atom. The Bertz CT molecular complexity index is 1350. The van der Waals surface area contributed by atoms with E-state index in [9.17, 15) is 8.42 Å². The van der Waals surface area contributed by atoms with Crippen LogP contribution < -0.4 is 14.8 Å². The zero-order chi connectivity index (χ0) is 27.3. The van der Waals surface area contributed by atoms with E-state index in [1.165, 1.54) is 0 Å². The number of hydrogen-bond donors (Lipinski definition) is 2. The molecule has 206 valence electrons. The summed E-state index contributed by atoms with van der Waals surface area (Å²) in [6.45, 7) is 8.99. The molecule has 1 aromatic heterocycles. The van der Waals surface area contributed by atoms with E-state index in [0.29, 0.717) is 17.4 Å². The summed E-state index contributed by atoms with van der Waals surface area (Å²) in [4.78, 5) is 4.67. The molecule has 4 rings (SSSR count). The third-order valence-corrected chi connectivity index (χ3v) is 9.54. The van der Waals surface area contributed by atoms with Crippen LogP contribution in [0.5, 0.6) is 5.75 Å². The molecule has 1 fully saturated rings. The van der Waals surface area contributed by atoms with Gasteiger partial charge in [-0.15, -0.1) is 0 Å². The zero-order valence-electron chi connectivity index (χ0n) is 22.9. The van der Waals surface area contributed by atoms with E-state index in [2.05, 4.69) is 42.7 Å². The van der Waals surface area contributed by atoms with Gasteiger partial charge in [-0.25, -0.2) is 13.1 Å². The molecule has 1 aliphatic rings. The monoisotopic (exact) mass is 557 g/mol. The van der Waals surface area contributed by atoms with Crippen LogP contribution in [-0.4, -0.2) is 32.1 Å². The van der Waals surface area contributed by atoms with Crippen LogP contribution in [0.25, 0.3) is 10.9 Å². The van der Waals surface area contributed by atoms with Gasteiger partial charge in [-0.3, -0.25) is 4.98 Å². The van der Waals surface area contributed by atoms with E-state index in [4.69, 9.17) is 16.3 Å². The van der Waals surface area contributed by atoms with Crippen molar-refractivity contribution in [1.29, 1.82) is 0 Å². The SMILES string of the molecule is CCCCOc1ccc(C(C)(C)CC)cc1S(=O)(=O)NC1CCC(Nc2ccnc3cc(Cl)ccc23)CC1. The summed E-state index contributed by atoms with van der Waals surface area (Å²) in [5, 5.41) is 5.34. The molecular weight excluding hydrogens is 518 g/mol. The van der Waals surface area contributed by atoms with Crippen LogP contribution in [-0.2, 0) is 15.4 Å². The van der Waals surface area contributed by atoms with Gasteiger partial charge in [-0.05, 0) is 85.9 Å². The smallest absolute Gasteiger partial charge is 0.244 e. The number of aromatic nitrogens is 1. The van der Waals surface area contributed by atoms with Gasteiger partial charge in [0.15, 0.2) is 0 Å². The molecule has 6 nitrogen and oxygen atoms in total. The second kappa shape index (κ2) is 12.2. The number of pyridine rings is 1. The number of sulfonamides is 1. The molecule has 0 spiro atoms. The summed E-state index contributed by atoms with van der Waals surface area (Å²) in [6.07, 6.45) is 7.83. The van der Waals surface area contributed by atoms with E-state index >= 15 is 0 Å². The lowest BCUT2D eigenvalue weighted by atomic mass is 9.82. The van der Waals surface area contributed by atoms with Gasteiger partial charge in [-0.2, -0.15) is 0 Å². The van der Waals surface area contributed by atoms with Gasteiger partial charge in [0.25, 0.3) is 0 Å². The standard InChI is InChI=1S/C30H40ClN3O3S/c1-5-7-18-37-28-15-8-21(30(3,4)6-2)19-29(28)38(35,36)34-24-12-10-23(11-13-24)33-26-16-17-32-27-20-22(31)9-14-25(26)27/h8-9,14-17,19-20,23-24,34H,5-7,10-13,18H2,1-4H3,(H,32,33). The number of benzene rings is 2. The van der Waals surface area contributed by atoms with Crippen LogP contribution >= 0.6 is 11.6 Å². The highest BCUT2D eigenvalue weighted by Gasteiger charge is 2.30. The molecule has 0 bridgehead atoms. The molecule has 0 unspecified atom stereocenters. The van der Waals surface area contributed by atoms with Crippen molar-refractivity contribution in [2.24, 2.45) is 0 Å². The number of unbranched alkanes of at least 4 members (excludes halogenated alkanes) is 1. The maximum atomic E-state index is 13.6. The first-order valence-corrected chi connectivity index (χ1v) is 15.6. The Labute approximate surface area is 232 Å². The fraction of sp³-hybridized carbons (Fsp3) is 0.500. The second-order valence-electron chi connectivity index (χ2n) is 10.9. The minimum absolute atomic E-state index is 0.114. The van der Waals surface area contributed by atoms with Gasteiger partial charge in [0.05, 0.1) is 12.1 Å². The lowest BCUT2D eigenvalue weighted by Crippen LogP contribution is -2.40. The number of halogens is 1. The van der Waals surface area contributed by atoms with E-state index in [-0.39, 0.29) is 22.4 Å². The third-order valence-electron chi connectivity index (χ3n) is 7.77. The maximum Gasteiger partial charge on any atom is 0.244 e. The molecule has 0 radical (unpaired) electrons. The van der Waals surface area contributed by atoms with Crippen molar-refractivity contribution in [3.05, 3.63) is 59.2 Å². The molecule has 3 aromatic rings. The van der Waals surface area contributed by atoms with Gasteiger partial charge in [0, 0.05) is 34.4 Å². The Balaban J connectivity index is 1.45. The van der Waals surface area contributed by atoms with Gasteiger partial charge in [-0.1, -0.05) is 51.8 Å². The number of nitrogens with one attached hydrogen (secondary N) is 2. The molecular formula is C30H40ClN3O3S. The van der Waals surface area contributed by atoms with Gasteiger partial charge < -0.3 is 10.1 Å². The summed E-state index contributed by atoms with van der Waals surface area (Å²) in [5.41, 5.74) is 2.76. The van der Waals surface area contributed by atoms with Crippen molar-refractivity contribution < 1.29 is 13.2 Å². The van der Waals surface area contributed by atoms with Crippen LogP contribution in [0.4, 0.5) is 5.69 Å². The summed E-state index contributed by atoms with van der Waals surface area (Å²) in [5.74, 6) is 0.432. The molecule has 2 aromatic carbocycles. The quantitative estimate of drug-likeness (QED) is 0.239. The van der Waals surface area contributed by atoms with Crippen LogP contribution in [0.1, 0.15) is 78.2 Å². The Hall–Kier alpha value is -2.35. The largest absolute Gasteiger partial charge is 0.492 e. The molecule has 0 atom stereocenters. The van der Waals surface area contributed by atoms with Crippen LogP contribution in [0.3, 0.4) is 0 Å². The van der Waals surface area contributed by atoms with Crippen molar-refractivity contribution >= 4 is 38.2 Å². The highest BCUT2D eigenvalue weighted by Crippen LogP contribution is 2.34. The highest BCUT2D eigenvalue weighted by molar-refractivity contribution is 7.89. The first-order valence-electron chi connectivity index (χ1n) is 13.7. The molecule has 1 aliphatic carbocycles. The third kappa shape index (κ3) is 6.80. The van der Waals surface area contributed by atoms with E-state index in [1.807, 2.05) is 36.4 Å². The molecule has 1 saturated carbocycles. The number of ether oxygens (including phenoxy) is 1. The highest BCUT2D eigenvalue weighted by atomic mass is 35.5. The zero-order valence-corrected chi connectivity index (χ0v) is 24.5. The van der Waals surface area contributed by atoms with Crippen LogP contribution in [0.15, 0.2) is 53.6 Å². The first-order chi connectivity index (χ1) is 18.1. The van der Waals surface area contributed by atoms with Crippen molar-refractivity contribution in [2.45, 2.75) is 95.0 Å². The van der Waals surface area contributed by atoms with Gasteiger partial charge in [0.2, 0.25) is 10.0 Å². The van der Waals surface area contributed by atoms with Crippen molar-refractivity contribution in [2.75, 3.05) is 11.9 Å².